The van der Waals surface area contributed by atoms with Crippen LogP contribution in [0.1, 0.15) is 6.42 Å². The van der Waals surface area contributed by atoms with Crippen molar-refractivity contribution >= 4 is 6.09 Å². The zero-order chi connectivity index (χ0) is 9.97. The number of amides is 1. The van der Waals surface area contributed by atoms with Crippen LogP contribution in [0.5, 0.6) is 5.75 Å². The van der Waals surface area contributed by atoms with Gasteiger partial charge in [0.25, 0.3) is 0 Å². The van der Waals surface area contributed by atoms with Crippen LogP contribution < -0.4 is 10.1 Å². The molecule has 3 nitrogen and oxygen atoms in total. The number of halogens is 1. The van der Waals surface area contributed by atoms with Crippen molar-refractivity contribution in [2.45, 2.75) is 18.6 Å². The van der Waals surface area contributed by atoms with Gasteiger partial charge in [0.15, 0.2) is 0 Å². The fourth-order valence-electron chi connectivity index (χ4n) is 1.09. The van der Waals surface area contributed by atoms with Crippen LogP contribution in [0.3, 0.4) is 0 Å². The van der Waals surface area contributed by atoms with E-state index in [9.17, 15) is 9.18 Å². The van der Waals surface area contributed by atoms with Crippen LogP contribution in [-0.2, 0) is 0 Å². The summed E-state index contributed by atoms with van der Waals surface area (Å²) in [7, 11) is 0. The monoisotopic (exact) mass is 195 g/mol. The summed E-state index contributed by atoms with van der Waals surface area (Å²) in [4.78, 5) is 11.1. The van der Waals surface area contributed by atoms with Crippen molar-refractivity contribution in [2.75, 3.05) is 0 Å². The van der Waals surface area contributed by atoms with Crippen LogP contribution in [0, 0.1) is 0 Å². The molecule has 1 aromatic carbocycles. The lowest BCUT2D eigenvalue weighted by atomic mass is 10.3. The van der Waals surface area contributed by atoms with Gasteiger partial charge in [-0.1, -0.05) is 18.2 Å². The Kier molecular flexibility index (Phi) is 2.35. The predicted molar refractivity (Wildman–Crippen MR) is 48.9 cm³/mol. The minimum atomic E-state index is -0.904. The van der Waals surface area contributed by atoms with E-state index in [1.165, 1.54) is 0 Å². The Morgan fingerprint density at radius 3 is 2.64 bits per heavy atom. The molecule has 0 bridgehead atoms. The molecule has 2 atom stereocenters. The zero-order valence-electron chi connectivity index (χ0n) is 7.44. The number of carbonyl (C=O) groups excluding carboxylic acids is 1. The number of nitrogens with one attached hydrogen (secondary N) is 1. The van der Waals surface area contributed by atoms with Gasteiger partial charge in [0, 0.05) is 6.42 Å². The summed E-state index contributed by atoms with van der Waals surface area (Å²) in [5.41, 5.74) is 0. The van der Waals surface area contributed by atoms with Crippen molar-refractivity contribution in [2.24, 2.45) is 0 Å². The molecule has 0 heterocycles. The van der Waals surface area contributed by atoms with Gasteiger partial charge in [-0.2, -0.15) is 0 Å². The standard InChI is InChI=1S/C10H10FNO2/c11-8-6-9(8)12-10(13)14-7-4-2-1-3-5-7/h1-5,8-9H,6H2,(H,12,13)/t8-,9+/m0/s1. The summed E-state index contributed by atoms with van der Waals surface area (Å²) in [6.45, 7) is 0. The maximum atomic E-state index is 12.4. The first-order valence-electron chi connectivity index (χ1n) is 4.43. The number of hydrogen-bond acceptors (Lipinski definition) is 2. The second-order valence-corrected chi connectivity index (χ2v) is 3.21. The molecule has 0 aromatic heterocycles. The smallest absolute Gasteiger partial charge is 0.410 e. The van der Waals surface area contributed by atoms with Crippen LogP contribution in [0.2, 0.25) is 0 Å². The molecule has 0 aliphatic heterocycles. The van der Waals surface area contributed by atoms with E-state index < -0.39 is 12.3 Å². The Labute approximate surface area is 80.9 Å². The molecule has 14 heavy (non-hydrogen) atoms. The van der Waals surface area contributed by atoms with Crippen molar-refractivity contribution in [3.63, 3.8) is 0 Å². The highest BCUT2D eigenvalue weighted by molar-refractivity contribution is 5.71. The number of alkyl halides is 1. The molecule has 1 aliphatic rings. The SMILES string of the molecule is O=C(N[C@@H]1C[C@@H]1F)Oc1ccccc1. The minimum Gasteiger partial charge on any atom is -0.410 e. The van der Waals surface area contributed by atoms with Gasteiger partial charge in [-0.25, -0.2) is 9.18 Å². The summed E-state index contributed by atoms with van der Waals surface area (Å²) in [6.07, 6.45) is -1.11. The molecule has 2 rings (SSSR count). The molecule has 0 saturated heterocycles. The normalized spacial score (nSPS) is 24.1. The van der Waals surface area contributed by atoms with E-state index in [1.807, 2.05) is 6.07 Å². The van der Waals surface area contributed by atoms with Crippen molar-refractivity contribution in [1.82, 2.24) is 5.32 Å². The minimum absolute atomic E-state index is 0.355. The first-order chi connectivity index (χ1) is 6.75. The van der Waals surface area contributed by atoms with Crippen molar-refractivity contribution < 1.29 is 13.9 Å². The van der Waals surface area contributed by atoms with E-state index in [-0.39, 0.29) is 6.04 Å². The van der Waals surface area contributed by atoms with E-state index >= 15 is 0 Å². The largest absolute Gasteiger partial charge is 0.412 e. The second kappa shape index (κ2) is 3.65. The molecular weight excluding hydrogens is 185 g/mol. The Balaban J connectivity index is 1.83. The number of benzene rings is 1. The highest BCUT2D eigenvalue weighted by Crippen LogP contribution is 2.24. The first kappa shape index (κ1) is 8.99. The molecule has 0 unspecified atom stereocenters. The third-order valence-electron chi connectivity index (χ3n) is 1.97. The molecule has 1 aliphatic carbocycles. The number of rotatable bonds is 2. The van der Waals surface area contributed by atoms with Crippen LogP contribution in [0.25, 0.3) is 0 Å². The molecule has 1 amide bonds. The highest BCUT2D eigenvalue weighted by atomic mass is 19.1. The van der Waals surface area contributed by atoms with Gasteiger partial charge in [0.2, 0.25) is 0 Å². The van der Waals surface area contributed by atoms with Gasteiger partial charge in [-0.3, -0.25) is 0 Å². The van der Waals surface area contributed by atoms with Crippen LogP contribution >= 0.6 is 0 Å². The van der Waals surface area contributed by atoms with Gasteiger partial charge in [-0.15, -0.1) is 0 Å². The average molecular weight is 195 g/mol. The Bertz CT molecular complexity index is 328. The molecule has 1 aromatic rings. The molecule has 0 spiro atoms. The average Bonchev–Trinajstić information content (AvgIpc) is 2.83. The summed E-state index contributed by atoms with van der Waals surface area (Å²) in [5.74, 6) is 0.459. The van der Waals surface area contributed by atoms with E-state index in [0.717, 1.165) is 0 Å². The maximum Gasteiger partial charge on any atom is 0.412 e. The fraction of sp³-hybridized carbons (Fsp3) is 0.300. The summed E-state index contributed by atoms with van der Waals surface area (Å²) >= 11 is 0. The van der Waals surface area contributed by atoms with Gasteiger partial charge < -0.3 is 10.1 Å². The van der Waals surface area contributed by atoms with Crippen LogP contribution in [-0.4, -0.2) is 18.3 Å². The van der Waals surface area contributed by atoms with E-state index in [0.29, 0.717) is 12.2 Å². The topological polar surface area (TPSA) is 38.3 Å². The fourth-order valence-corrected chi connectivity index (χ4v) is 1.09. The molecule has 74 valence electrons. The van der Waals surface area contributed by atoms with Crippen molar-refractivity contribution in [1.29, 1.82) is 0 Å². The van der Waals surface area contributed by atoms with Gasteiger partial charge in [0.1, 0.15) is 11.9 Å². The molecule has 1 saturated carbocycles. The Morgan fingerprint density at radius 2 is 2.07 bits per heavy atom. The third kappa shape index (κ3) is 2.22. The van der Waals surface area contributed by atoms with Gasteiger partial charge >= 0.3 is 6.09 Å². The number of ether oxygens (including phenoxy) is 1. The lowest BCUT2D eigenvalue weighted by Gasteiger charge is -2.04. The predicted octanol–water partition coefficient (Wildman–Crippen LogP) is 1.89. The van der Waals surface area contributed by atoms with Crippen molar-refractivity contribution in [3.05, 3.63) is 30.3 Å². The van der Waals surface area contributed by atoms with E-state index in [1.54, 1.807) is 24.3 Å². The van der Waals surface area contributed by atoms with Crippen LogP contribution in [0.4, 0.5) is 9.18 Å². The number of hydrogen-bond donors (Lipinski definition) is 1. The Hall–Kier alpha value is -1.58. The number of carbonyl (C=O) groups is 1. The first-order valence-corrected chi connectivity index (χ1v) is 4.43. The molecule has 1 N–H and O–H groups in total. The van der Waals surface area contributed by atoms with E-state index in [2.05, 4.69) is 5.32 Å². The zero-order valence-corrected chi connectivity index (χ0v) is 7.44. The molecular formula is C10H10FNO2. The van der Waals surface area contributed by atoms with Crippen molar-refractivity contribution in [3.8, 4) is 5.75 Å². The molecule has 1 fully saturated rings. The molecule has 0 radical (unpaired) electrons. The molecule has 4 heteroatoms. The quantitative estimate of drug-likeness (QED) is 0.782. The lowest BCUT2D eigenvalue weighted by molar-refractivity contribution is 0.198. The van der Waals surface area contributed by atoms with Gasteiger partial charge in [-0.05, 0) is 12.1 Å². The number of para-hydroxylation sites is 1. The van der Waals surface area contributed by atoms with Crippen LogP contribution in [0.15, 0.2) is 30.3 Å². The van der Waals surface area contributed by atoms with E-state index in [4.69, 9.17) is 4.74 Å². The third-order valence-corrected chi connectivity index (χ3v) is 1.97. The maximum absolute atomic E-state index is 12.4. The lowest BCUT2D eigenvalue weighted by Crippen LogP contribution is -2.30. The summed E-state index contributed by atoms with van der Waals surface area (Å²) in [6, 6.07) is 8.32. The summed E-state index contributed by atoms with van der Waals surface area (Å²) < 4.78 is 17.3. The van der Waals surface area contributed by atoms with Gasteiger partial charge in [0.05, 0.1) is 6.04 Å². The highest BCUT2D eigenvalue weighted by Gasteiger charge is 2.39. The second-order valence-electron chi connectivity index (χ2n) is 3.21. The Morgan fingerprint density at radius 1 is 1.43 bits per heavy atom. The summed E-state index contributed by atoms with van der Waals surface area (Å²) in [5, 5.41) is 2.42.